The van der Waals surface area contributed by atoms with E-state index in [-0.39, 0.29) is 6.04 Å². The zero-order valence-corrected chi connectivity index (χ0v) is 14.1. The van der Waals surface area contributed by atoms with Gasteiger partial charge < -0.3 is 5.32 Å². The minimum absolute atomic E-state index is 0.0980. The van der Waals surface area contributed by atoms with Gasteiger partial charge in [-0.1, -0.05) is 13.8 Å². The van der Waals surface area contributed by atoms with Crippen molar-refractivity contribution >= 4 is 21.4 Å². The Hall–Kier alpha value is -0.430. The van der Waals surface area contributed by atoms with Gasteiger partial charge in [-0.3, -0.25) is 0 Å². The maximum Gasteiger partial charge on any atom is 0.244 e. The van der Waals surface area contributed by atoms with Gasteiger partial charge in [-0.15, -0.1) is 11.3 Å². The van der Waals surface area contributed by atoms with E-state index in [1.54, 1.807) is 9.69 Å². The smallest absolute Gasteiger partial charge is 0.244 e. The average molecular weight is 316 g/mol. The van der Waals surface area contributed by atoms with Crippen LogP contribution in [0.4, 0.5) is 0 Å². The van der Waals surface area contributed by atoms with Gasteiger partial charge in [0.1, 0.15) is 0 Å². The molecule has 1 aromatic heterocycles. The fraction of sp³-hybridized carbons (Fsp3) is 0.714. The van der Waals surface area contributed by atoms with Gasteiger partial charge in [-0.05, 0) is 38.3 Å². The van der Waals surface area contributed by atoms with Gasteiger partial charge in [0.15, 0.2) is 0 Å². The second kappa shape index (κ2) is 6.56. The summed E-state index contributed by atoms with van der Waals surface area (Å²) < 4.78 is 27.1. The van der Waals surface area contributed by atoms with E-state index in [4.69, 9.17) is 0 Å². The van der Waals surface area contributed by atoms with Crippen LogP contribution in [0.15, 0.2) is 16.3 Å². The van der Waals surface area contributed by atoms with Gasteiger partial charge in [-0.25, -0.2) is 8.42 Å². The molecule has 0 saturated carbocycles. The Bertz CT molecular complexity index is 539. The van der Waals surface area contributed by atoms with E-state index in [1.807, 2.05) is 19.9 Å². The van der Waals surface area contributed by atoms with Crippen molar-refractivity contribution in [1.29, 1.82) is 0 Å². The molecule has 1 saturated heterocycles. The van der Waals surface area contributed by atoms with Gasteiger partial charge in [-0.2, -0.15) is 4.31 Å². The van der Waals surface area contributed by atoms with Gasteiger partial charge in [0.2, 0.25) is 10.0 Å². The largest absolute Gasteiger partial charge is 0.312 e. The van der Waals surface area contributed by atoms with Crippen LogP contribution in [-0.4, -0.2) is 31.9 Å². The van der Waals surface area contributed by atoms with Crippen molar-refractivity contribution in [2.24, 2.45) is 5.92 Å². The van der Waals surface area contributed by atoms with Crippen LogP contribution in [0, 0.1) is 5.92 Å². The van der Waals surface area contributed by atoms with E-state index in [0.29, 0.717) is 17.4 Å². The summed E-state index contributed by atoms with van der Waals surface area (Å²) in [6.45, 7) is 8.52. The first-order chi connectivity index (χ1) is 9.45. The van der Waals surface area contributed by atoms with E-state index in [9.17, 15) is 8.42 Å². The first-order valence-corrected chi connectivity index (χ1v) is 9.57. The summed E-state index contributed by atoms with van der Waals surface area (Å²) >= 11 is 1.51. The number of rotatable bonds is 5. The maximum atomic E-state index is 12.7. The molecule has 0 aromatic carbocycles. The molecule has 0 aliphatic carbocycles. The molecule has 1 aromatic rings. The van der Waals surface area contributed by atoms with Crippen molar-refractivity contribution < 1.29 is 8.42 Å². The molecular weight excluding hydrogens is 292 g/mol. The highest BCUT2D eigenvalue weighted by Crippen LogP contribution is 2.30. The van der Waals surface area contributed by atoms with Crippen molar-refractivity contribution in [2.75, 3.05) is 13.1 Å². The number of hydrogen-bond acceptors (Lipinski definition) is 4. The van der Waals surface area contributed by atoms with Crippen molar-refractivity contribution in [3.8, 4) is 0 Å². The number of sulfonamides is 1. The minimum atomic E-state index is -3.32. The molecule has 1 fully saturated rings. The van der Waals surface area contributed by atoms with Crippen LogP contribution in [0.3, 0.4) is 0 Å². The van der Waals surface area contributed by atoms with Gasteiger partial charge in [0.05, 0.1) is 4.90 Å². The second-order valence-electron chi connectivity index (χ2n) is 5.62. The number of nitrogens with zero attached hydrogens (tertiary/aromatic N) is 1. The van der Waals surface area contributed by atoms with E-state index >= 15 is 0 Å². The summed E-state index contributed by atoms with van der Waals surface area (Å²) in [5.74, 6) is 0.614. The molecule has 1 N–H and O–H groups in total. The Balaban J connectivity index is 2.15. The molecule has 2 unspecified atom stereocenters. The Morgan fingerprint density at radius 1 is 1.45 bits per heavy atom. The fourth-order valence-electron chi connectivity index (χ4n) is 2.71. The molecule has 0 amide bonds. The predicted octanol–water partition coefficient (Wildman–Crippen LogP) is 2.67. The third-order valence-corrected chi connectivity index (χ3v) is 6.94. The highest BCUT2D eigenvalue weighted by molar-refractivity contribution is 7.89. The first-order valence-electron chi connectivity index (χ1n) is 7.25. The minimum Gasteiger partial charge on any atom is -0.312 e. The number of piperidine rings is 1. The lowest BCUT2D eigenvalue weighted by atomic mass is 9.95. The van der Waals surface area contributed by atoms with Crippen LogP contribution in [0.5, 0.6) is 0 Å². The molecule has 0 spiro atoms. The van der Waals surface area contributed by atoms with Crippen LogP contribution in [0.1, 0.15) is 38.5 Å². The number of hydrogen-bond donors (Lipinski definition) is 1. The monoisotopic (exact) mass is 316 g/mol. The SMILES string of the molecule is CCNCc1cc(S(=O)(=O)N2CCC(C)CC2C)cs1. The molecule has 114 valence electrons. The highest BCUT2D eigenvalue weighted by atomic mass is 32.2. The quantitative estimate of drug-likeness (QED) is 0.908. The average Bonchev–Trinajstić information content (AvgIpc) is 2.85. The van der Waals surface area contributed by atoms with Crippen molar-refractivity contribution in [1.82, 2.24) is 9.62 Å². The van der Waals surface area contributed by atoms with E-state index in [2.05, 4.69) is 12.2 Å². The maximum absolute atomic E-state index is 12.7. The lowest BCUT2D eigenvalue weighted by Gasteiger charge is -2.35. The normalized spacial score (nSPS) is 24.9. The zero-order chi connectivity index (χ0) is 14.8. The van der Waals surface area contributed by atoms with E-state index in [1.165, 1.54) is 11.3 Å². The molecule has 2 heterocycles. The van der Waals surface area contributed by atoms with Crippen LogP contribution < -0.4 is 5.32 Å². The fourth-order valence-corrected chi connectivity index (χ4v) is 5.60. The number of thiophene rings is 1. The highest BCUT2D eigenvalue weighted by Gasteiger charge is 2.33. The van der Waals surface area contributed by atoms with Gasteiger partial charge in [0, 0.05) is 29.4 Å². The summed E-state index contributed by atoms with van der Waals surface area (Å²) in [6.07, 6.45) is 1.91. The molecule has 2 atom stereocenters. The summed E-state index contributed by atoms with van der Waals surface area (Å²) in [4.78, 5) is 1.53. The molecule has 4 nitrogen and oxygen atoms in total. The van der Waals surface area contributed by atoms with Crippen molar-refractivity contribution in [2.45, 2.75) is 51.1 Å². The lowest BCUT2D eigenvalue weighted by Crippen LogP contribution is -2.43. The summed E-state index contributed by atoms with van der Waals surface area (Å²) in [7, 11) is -3.32. The topological polar surface area (TPSA) is 49.4 Å². The van der Waals surface area contributed by atoms with Crippen LogP contribution >= 0.6 is 11.3 Å². The Kier molecular flexibility index (Phi) is 5.23. The second-order valence-corrected chi connectivity index (χ2v) is 8.51. The van der Waals surface area contributed by atoms with Gasteiger partial charge in [0.25, 0.3) is 0 Å². The summed E-state index contributed by atoms with van der Waals surface area (Å²) in [5, 5.41) is 5.00. The molecule has 2 rings (SSSR count). The zero-order valence-electron chi connectivity index (χ0n) is 12.4. The predicted molar refractivity (Wildman–Crippen MR) is 83.5 cm³/mol. The Morgan fingerprint density at radius 3 is 2.85 bits per heavy atom. The molecule has 1 aliphatic rings. The van der Waals surface area contributed by atoms with E-state index < -0.39 is 10.0 Å². The number of nitrogens with one attached hydrogen (secondary N) is 1. The molecule has 0 bridgehead atoms. The lowest BCUT2D eigenvalue weighted by molar-refractivity contribution is 0.220. The van der Waals surface area contributed by atoms with Gasteiger partial charge >= 0.3 is 0 Å². The third kappa shape index (κ3) is 3.42. The van der Waals surface area contributed by atoms with Crippen molar-refractivity contribution in [3.05, 3.63) is 16.3 Å². The third-order valence-electron chi connectivity index (χ3n) is 3.86. The molecule has 1 aliphatic heterocycles. The van der Waals surface area contributed by atoms with E-state index in [0.717, 1.165) is 30.8 Å². The Labute approximate surface area is 126 Å². The molecule has 6 heteroatoms. The first kappa shape index (κ1) is 15.9. The summed E-state index contributed by atoms with van der Waals surface area (Å²) in [6, 6.07) is 1.91. The molecule has 0 radical (unpaired) electrons. The summed E-state index contributed by atoms with van der Waals surface area (Å²) in [5.41, 5.74) is 0. The van der Waals surface area contributed by atoms with Crippen LogP contribution in [0.2, 0.25) is 0 Å². The van der Waals surface area contributed by atoms with Crippen molar-refractivity contribution in [3.63, 3.8) is 0 Å². The molecular formula is C14H24N2O2S2. The standard InChI is InChI=1S/C14H24N2O2S2/c1-4-15-9-13-8-14(10-19-13)20(17,18)16-6-5-11(2)7-12(16)3/h8,10-12,15H,4-7,9H2,1-3H3. The molecule has 20 heavy (non-hydrogen) atoms. The Morgan fingerprint density at radius 2 is 2.20 bits per heavy atom. The van der Waals surface area contributed by atoms with Crippen LogP contribution in [-0.2, 0) is 16.6 Å². The van der Waals surface area contributed by atoms with Crippen LogP contribution in [0.25, 0.3) is 0 Å².